The smallest absolute Gasteiger partial charge is 0.233 e. The Kier molecular flexibility index (Phi) is 5.56. The molecule has 0 N–H and O–H groups in total. The van der Waals surface area contributed by atoms with Gasteiger partial charge in [0.2, 0.25) is 0 Å². The molecule has 2 aromatic heterocycles. The molecule has 7 nitrogen and oxygen atoms in total. The highest BCUT2D eigenvalue weighted by molar-refractivity contribution is 7.86. The van der Waals surface area contributed by atoms with Gasteiger partial charge in [-0.1, -0.05) is 13.8 Å². The lowest BCUT2D eigenvalue weighted by Crippen LogP contribution is -2.46. The van der Waals surface area contributed by atoms with E-state index in [1.54, 1.807) is 19.9 Å². The van der Waals surface area contributed by atoms with Crippen molar-refractivity contribution < 1.29 is 21.6 Å². The van der Waals surface area contributed by atoms with Crippen LogP contribution < -0.4 is 0 Å². The highest BCUT2D eigenvalue weighted by atomic mass is 32.2. The molecule has 0 aliphatic carbocycles. The molecule has 2 aromatic rings. The minimum atomic E-state index is -4.56. The molecule has 4 heterocycles. The van der Waals surface area contributed by atoms with Crippen molar-refractivity contribution in [1.82, 2.24) is 23.2 Å². The van der Waals surface area contributed by atoms with Crippen molar-refractivity contribution in [3.63, 3.8) is 0 Å². The van der Waals surface area contributed by atoms with Crippen LogP contribution in [0.25, 0.3) is 5.65 Å². The minimum Gasteiger partial charge on any atom is -0.233 e. The molecule has 0 saturated carbocycles. The summed E-state index contributed by atoms with van der Waals surface area (Å²) >= 11 is 0. The van der Waals surface area contributed by atoms with E-state index in [1.165, 1.54) is 8.61 Å². The number of hydrogen-bond acceptors (Lipinski definition) is 4. The number of aromatic nitrogens is 3. The molecule has 0 aromatic carbocycles. The van der Waals surface area contributed by atoms with Gasteiger partial charge in [-0.2, -0.15) is 35.3 Å². The number of nitrogens with zero attached hydrogens (tertiary/aromatic N) is 5. The van der Waals surface area contributed by atoms with Gasteiger partial charge in [0.05, 0.1) is 5.69 Å². The summed E-state index contributed by atoms with van der Waals surface area (Å²) in [6, 6.07) is 2.61. The van der Waals surface area contributed by atoms with Crippen LogP contribution in [0.3, 0.4) is 0 Å². The molecule has 2 saturated heterocycles. The van der Waals surface area contributed by atoms with Crippen molar-refractivity contribution in [3.05, 3.63) is 29.2 Å². The number of rotatable bonds is 4. The van der Waals surface area contributed by atoms with Crippen LogP contribution in [0.1, 0.15) is 68.4 Å². The summed E-state index contributed by atoms with van der Waals surface area (Å²) in [6.45, 7) is 5.27. The quantitative estimate of drug-likeness (QED) is 0.723. The molecule has 30 heavy (non-hydrogen) atoms. The topological polar surface area (TPSA) is 70.8 Å². The Labute approximate surface area is 174 Å². The summed E-state index contributed by atoms with van der Waals surface area (Å²) in [5.74, 6) is -0.424. The molecular formula is C19H26F3N5O2S. The van der Waals surface area contributed by atoms with Crippen molar-refractivity contribution in [2.45, 2.75) is 57.5 Å². The van der Waals surface area contributed by atoms with Crippen molar-refractivity contribution in [2.24, 2.45) is 0 Å². The lowest BCUT2D eigenvalue weighted by molar-refractivity contribution is -0.142. The van der Waals surface area contributed by atoms with E-state index in [4.69, 9.17) is 0 Å². The van der Waals surface area contributed by atoms with Gasteiger partial charge in [0.25, 0.3) is 10.2 Å². The highest BCUT2D eigenvalue weighted by Crippen LogP contribution is 2.34. The van der Waals surface area contributed by atoms with Crippen LogP contribution in [0.4, 0.5) is 13.2 Å². The third kappa shape index (κ3) is 3.94. The van der Waals surface area contributed by atoms with Crippen LogP contribution in [0, 0.1) is 0 Å². The Morgan fingerprint density at radius 1 is 1.07 bits per heavy atom. The van der Waals surface area contributed by atoms with Gasteiger partial charge in [0.15, 0.2) is 5.65 Å². The third-order valence-electron chi connectivity index (χ3n) is 5.87. The van der Waals surface area contributed by atoms with Crippen molar-refractivity contribution >= 4 is 15.9 Å². The zero-order chi connectivity index (χ0) is 21.7. The number of halogens is 3. The van der Waals surface area contributed by atoms with Crippen LogP contribution in [0.5, 0.6) is 0 Å². The molecule has 0 radical (unpaired) electrons. The predicted molar refractivity (Wildman–Crippen MR) is 105 cm³/mol. The zero-order valence-electron chi connectivity index (χ0n) is 17.1. The van der Waals surface area contributed by atoms with Gasteiger partial charge >= 0.3 is 6.18 Å². The second kappa shape index (κ2) is 7.76. The number of hydrogen-bond donors (Lipinski definition) is 0. The molecule has 1 atom stereocenters. The molecule has 2 aliphatic heterocycles. The molecule has 0 spiro atoms. The summed E-state index contributed by atoms with van der Waals surface area (Å²) in [5.41, 5.74) is 0.0845. The average molecular weight is 446 g/mol. The minimum absolute atomic E-state index is 0.142. The van der Waals surface area contributed by atoms with Gasteiger partial charge in [-0.15, -0.1) is 0 Å². The van der Waals surface area contributed by atoms with Crippen LogP contribution in [-0.4, -0.2) is 57.8 Å². The van der Waals surface area contributed by atoms with E-state index in [9.17, 15) is 21.6 Å². The second-order valence-corrected chi connectivity index (χ2v) is 10.3. The SMILES string of the molecule is CC(C)c1cc(C(F)(F)F)n2nc([C@H]3CCCN(S(=O)(=O)N4CCCC4)C3)cc2n1. The second-order valence-electron chi connectivity index (χ2n) is 8.37. The molecule has 0 bridgehead atoms. The lowest BCUT2D eigenvalue weighted by Gasteiger charge is -2.33. The molecule has 2 fully saturated rings. The lowest BCUT2D eigenvalue weighted by atomic mass is 9.96. The largest absolute Gasteiger partial charge is 0.433 e. The maximum Gasteiger partial charge on any atom is 0.433 e. The Morgan fingerprint density at radius 3 is 2.37 bits per heavy atom. The Bertz CT molecular complexity index is 1030. The van der Waals surface area contributed by atoms with Gasteiger partial charge in [0.1, 0.15) is 5.69 Å². The molecule has 0 unspecified atom stereocenters. The van der Waals surface area contributed by atoms with E-state index in [1.807, 2.05) is 0 Å². The molecule has 11 heteroatoms. The van der Waals surface area contributed by atoms with Gasteiger partial charge in [0, 0.05) is 43.9 Å². The summed E-state index contributed by atoms with van der Waals surface area (Å²) in [7, 11) is -3.55. The van der Waals surface area contributed by atoms with Crippen LogP contribution in [0.2, 0.25) is 0 Å². The first-order valence-electron chi connectivity index (χ1n) is 10.3. The maximum atomic E-state index is 13.6. The average Bonchev–Trinajstić information content (AvgIpc) is 3.36. The molecule has 2 aliphatic rings. The van der Waals surface area contributed by atoms with E-state index in [2.05, 4.69) is 10.1 Å². The van der Waals surface area contributed by atoms with Crippen LogP contribution >= 0.6 is 0 Å². The fourth-order valence-electron chi connectivity index (χ4n) is 4.18. The van der Waals surface area contributed by atoms with E-state index < -0.39 is 22.1 Å². The molecular weight excluding hydrogens is 419 g/mol. The predicted octanol–water partition coefficient (Wildman–Crippen LogP) is 3.39. The van der Waals surface area contributed by atoms with Crippen LogP contribution in [-0.2, 0) is 16.4 Å². The summed E-state index contributed by atoms with van der Waals surface area (Å²) < 4.78 is 70.5. The summed E-state index contributed by atoms with van der Waals surface area (Å²) in [6.07, 6.45) is -1.54. The zero-order valence-corrected chi connectivity index (χ0v) is 17.9. The van der Waals surface area contributed by atoms with Gasteiger partial charge < -0.3 is 0 Å². The number of piperidine rings is 1. The Morgan fingerprint density at radius 2 is 1.73 bits per heavy atom. The van der Waals surface area contributed by atoms with E-state index in [0.717, 1.165) is 23.4 Å². The van der Waals surface area contributed by atoms with Crippen LogP contribution in [0.15, 0.2) is 12.1 Å². The van der Waals surface area contributed by atoms with Crippen molar-refractivity contribution in [2.75, 3.05) is 26.2 Å². The van der Waals surface area contributed by atoms with Crippen molar-refractivity contribution in [1.29, 1.82) is 0 Å². The van der Waals surface area contributed by atoms with Gasteiger partial charge in [-0.3, -0.25) is 0 Å². The number of alkyl halides is 3. The maximum absolute atomic E-state index is 13.6. The molecule has 4 rings (SSSR count). The summed E-state index contributed by atoms with van der Waals surface area (Å²) in [5, 5.41) is 4.22. The first-order chi connectivity index (χ1) is 14.1. The van der Waals surface area contributed by atoms with Gasteiger partial charge in [-0.25, -0.2) is 9.50 Å². The monoisotopic (exact) mass is 445 g/mol. The fraction of sp³-hybridized carbons (Fsp3) is 0.684. The fourth-order valence-corrected chi connectivity index (χ4v) is 5.96. The van der Waals surface area contributed by atoms with Crippen molar-refractivity contribution in [3.8, 4) is 0 Å². The first-order valence-corrected chi connectivity index (χ1v) is 11.7. The van der Waals surface area contributed by atoms with E-state index in [0.29, 0.717) is 43.9 Å². The van der Waals surface area contributed by atoms with Gasteiger partial charge in [-0.05, 0) is 37.7 Å². The highest BCUT2D eigenvalue weighted by Gasteiger charge is 2.38. The Hall–Kier alpha value is -1.72. The third-order valence-corrected chi connectivity index (χ3v) is 7.87. The first kappa shape index (κ1) is 21.5. The van der Waals surface area contributed by atoms with E-state index >= 15 is 0 Å². The molecule has 166 valence electrons. The Balaban J connectivity index is 1.67. The summed E-state index contributed by atoms with van der Waals surface area (Å²) in [4.78, 5) is 4.36. The van der Waals surface area contributed by atoms with E-state index in [-0.39, 0.29) is 24.0 Å². The normalized spacial score (nSPS) is 22.4. The molecule has 0 amide bonds. The standard InChI is InChI=1S/C19H26F3N5O2S/c1-13(2)15-10-17(19(20,21)22)27-18(23-15)11-16(24-27)14-6-5-9-26(12-14)30(28,29)25-7-3-4-8-25/h10-11,13-14H,3-9,12H2,1-2H3/t14-/m0/s1. The number of fused-ring (bicyclic) bond motifs is 1.